The van der Waals surface area contributed by atoms with E-state index in [1.165, 1.54) is 5.56 Å². The molecule has 0 radical (unpaired) electrons. The molecule has 2 aromatic carbocycles. The van der Waals surface area contributed by atoms with E-state index in [4.69, 9.17) is 4.42 Å². The third-order valence-corrected chi connectivity index (χ3v) is 4.68. The molecule has 1 fully saturated rings. The van der Waals surface area contributed by atoms with Crippen molar-refractivity contribution in [2.75, 3.05) is 31.1 Å². The lowest BCUT2D eigenvalue weighted by atomic mass is 10.1. The summed E-state index contributed by atoms with van der Waals surface area (Å²) in [6, 6.07) is 15.5. The Morgan fingerprint density at radius 1 is 1.00 bits per heavy atom. The van der Waals surface area contributed by atoms with Crippen molar-refractivity contribution in [1.29, 1.82) is 0 Å². The lowest BCUT2D eigenvalue weighted by Crippen LogP contribution is -2.46. The SMILES string of the molecule is Cc1cccc(-c2nnc(CN3CCN(c4ccc(O)cc4)CC3)o2)c1. The van der Waals surface area contributed by atoms with Crippen LogP contribution in [0.15, 0.2) is 52.9 Å². The molecule has 134 valence electrons. The molecule has 1 aliphatic rings. The van der Waals surface area contributed by atoms with Gasteiger partial charge in [0.1, 0.15) is 5.75 Å². The number of anilines is 1. The fraction of sp³-hybridized carbons (Fsp3) is 0.300. The summed E-state index contributed by atoms with van der Waals surface area (Å²) in [6.45, 7) is 6.45. The molecule has 1 aliphatic heterocycles. The van der Waals surface area contributed by atoms with E-state index in [1.807, 2.05) is 43.3 Å². The lowest BCUT2D eigenvalue weighted by molar-refractivity contribution is 0.227. The summed E-state index contributed by atoms with van der Waals surface area (Å²) in [4.78, 5) is 4.65. The number of benzene rings is 2. The normalized spacial score (nSPS) is 15.3. The van der Waals surface area contributed by atoms with Crippen molar-refractivity contribution in [3.63, 3.8) is 0 Å². The molecular formula is C20H22N4O2. The Morgan fingerprint density at radius 3 is 2.50 bits per heavy atom. The maximum Gasteiger partial charge on any atom is 0.247 e. The first-order valence-electron chi connectivity index (χ1n) is 8.83. The number of hydrogen-bond acceptors (Lipinski definition) is 6. The molecular weight excluding hydrogens is 328 g/mol. The Bertz CT molecular complexity index is 868. The fourth-order valence-corrected chi connectivity index (χ4v) is 3.23. The Balaban J connectivity index is 1.35. The van der Waals surface area contributed by atoms with Gasteiger partial charge in [-0.05, 0) is 43.3 Å². The highest BCUT2D eigenvalue weighted by molar-refractivity contribution is 5.53. The van der Waals surface area contributed by atoms with Gasteiger partial charge in [0, 0.05) is 37.4 Å². The monoisotopic (exact) mass is 350 g/mol. The van der Waals surface area contributed by atoms with Crippen LogP contribution < -0.4 is 4.90 Å². The summed E-state index contributed by atoms with van der Waals surface area (Å²) >= 11 is 0. The van der Waals surface area contributed by atoms with Gasteiger partial charge in [-0.3, -0.25) is 4.90 Å². The number of piperazine rings is 1. The van der Waals surface area contributed by atoms with E-state index in [0.29, 0.717) is 24.1 Å². The Hall–Kier alpha value is -2.86. The van der Waals surface area contributed by atoms with Crippen molar-refractivity contribution >= 4 is 5.69 Å². The minimum absolute atomic E-state index is 0.299. The van der Waals surface area contributed by atoms with E-state index < -0.39 is 0 Å². The predicted octanol–water partition coefficient (Wildman–Crippen LogP) is 3.07. The molecule has 1 N–H and O–H groups in total. The first-order valence-corrected chi connectivity index (χ1v) is 8.83. The van der Waals surface area contributed by atoms with Crippen LogP contribution in [-0.2, 0) is 6.54 Å². The van der Waals surface area contributed by atoms with Gasteiger partial charge in [-0.2, -0.15) is 0 Å². The van der Waals surface area contributed by atoms with Crippen molar-refractivity contribution in [3.05, 3.63) is 60.0 Å². The maximum atomic E-state index is 9.41. The van der Waals surface area contributed by atoms with Gasteiger partial charge in [0.2, 0.25) is 11.8 Å². The van der Waals surface area contributed by atoms with E-state index in [9.17, 15) is 5.11 Å². The van der Waals surface area contributed by atoms with Crippen LogP contribution in [0.25, 0.3) is 11.5 Å². The number of aromatic hydroxyl groups is 1. The summed E-state index contributed by atoms with van der Waals surface area (Å²) in [5, 5.41) is 17.8. The van der Waals surface area contributed by atoms with Crippen LogP contribution in [0.2, 0.25) is 0 Å². The van der Waals surface area contributed by atoms with Crippen LogP contribution in [0, 0.1) is 6.92 Å². The summed E-state index contributed by atoms with van der Waals surface area (Å²) in [5.41, 5.74) is 3.27. The molecule has 6 nitrogen and oxygen atoms in total. The van der Waals surface area contributed by atoms with Crippen LogP contribution in [-0.4, -0.2) is 46.4 Å². The molecule has 6 heteroatoms. The van der Waals surface area contributed by atoms with E-state index in [2.05, 4.69) is 20.0 Å². The zero-order valence-corrected chi connectivity index (χ0v) is 14.8. The minimum Gasteiger partial charge on any atom is -0.508 e. The van der Waals surface area contributed by atoms with E-state index >= 15 is 0 Å². The average Bonchev–Trinajstić information content (AvgIpc) is 3.12. The third kappa shape index (κ3) is 3.70. The number of aromatic nitrogens is 2. The second kappa shape index (κ2) is 7.17. The number of nitrogens with zero attached hydrogens (tertiary/aromatic N) is 4. The minimum atomic E-state index is 0.299. The molecule has 0 spiro atoms. The van der Waals surface area contributed by atoms with Gasteiger partial charge < -0.3 is 14.4 Å². The van der Waals surface area contributed by atoms with E-state index in [0.717, 1.165) is 37.4 Å². The molecule has 0 saturated carbocycles. The zero-order chi connectivity index (χ0) is 17.9. The van der Waals surface area contributed by atoms with Gasteiger partial charge in [0.25, 0.3) is 0 Å². The largest absolute Gasteiger partial charge is 0.508 e. The smallest absolute Gasteiger partial charge is 0.247 e. The first kappa shape index (κ1) is 16.6. The standard InChI is InChI=1S/C20H22N4O2/c1-15-3-2-4-16(13-15)20-22-21-19(26-20)14-23-9-11-24(12-10-23)17-5-7-18(25)8-6-17/h2-8,13,25H,9-12,14H2,1H3. The van der Waals surface area contributed by atoms with Crippen LogP contribution in [0.4, 0.5) is 5.69 Å². The molecule has 0 unspecified atom stereocenters. The Labute approximate surface area is 152 Å². The number of phenols is 1. The molecule has 26 heavy (non-hydrogen) atoms. The second-order valence-electron chi connectivity index (χ2n) is 6.65. The van der Waals surface area contributed by atoms with Crippen LogP contribution in [0.5, 0.6) is 5.75 Å². The predicted molar refractivity (Wildman–Crippen MR) is 100 cm³/mol. The highest BCUT2D eigenvalue weighted by atomic mass is 16.4. The third-order valence-electron chi connectivity index (χ3n) is 4.68. The van der Waals surface area contributed by atoms with Crippen LogP contribution in [0.3, 0.4) is 0 Å². The lowest BCUT2D eigenvalue weighted by Gasteiger charge is -2.35. The van der Waals surface area contributed by atoms with Gasteiger partial charge in [-0.25, -0.2) is 0 Å². The van der Waals surface area contributed by atoms with Gasteiger partial charge in [0.05, 0.1) is 6.54 Å². The zero-order valence-electron chi connectivity index (χ0n) is 14.8. The van der Waals surface area contributed by atoms with Crippen molar-refractivity contribution in [2.24, 2.45) is 0 Å². The summed E-state index contributed by atoms with van der Waals surface area (Å²) in [5.74, 6) is 1.53. The summed E-state index contributed by atoms with van der Waals surface area (Å²) in [6.07, 6.45) is 0. The molecule has 0 bridgehead atoms. The van der Waals surface area contributed by atoms with Crippen LogP contribution in [0.1, 0.15) is 11.5 Å². The molecule has 1 saturated heterocycles. The number of hydrogen-bond donors (Lipinski definition) is 1. The Kier molecular flexibility index (Phi) is 4.58. The molecule has 0 amide bonds. The molecule has 4 rings (SSSR count). The maximum absolute atomic E-state index is 9.41. The van der Waals surface area contributed by atoms with Crippen molar-refractivity contribution in [1.82, 2.24) is 15.1 Å². The van der Waals surface area contributed by atoms with Crippen molar-refractivity contribution in [3.8, 4) is 17.2 Å². The molecule has 2 heterocycles. The van der Waals surface area contributed by atoms with Crippen LogP contribution >= 0.6 is 0 Å². The Morgan fingerprint density at radius 2 is 1.77 bits per heavy atom. The number of rotatable bonds is 4. The average molecular weight is 350 g/mol. The van der Waals surface area contributed by atoms with Gasteiger partial charge in [-0.1, -0.05) is 17.7 Å². The molecule has 0 atom stereocenters. The quantitative estimate of drug-likeness (QED) is 0.780. The number of phenolic OH excluding ortho intramolecular Hbond substituents is 1. The van der Waals surface area contributed by atoms with Gasteiger partial charge in [0.15, 0.2) is 0 Å². The van der Waals surface area contributed by atoms with Gasteiger partial charge >= 0.3 is 0 Å². The molecule has 0 aliphatic carbocycles. The van der Waals surface area contributed by atoms with E-state index in [1.54, 1.807) is 12.1 Å². The second-order valence-corrected chi connectivity index (χ2v) is 6.65. The van der Waals surface area contributed by atoms with Crippen molar-refractivity contribution < 1.29 is 9.52 Å². The summed E-state index contributed by atoms with van der Waals surface area (Å²) < 4.78 is 5.85. The van der Waals surface area contributed by atoms with Gasteiger partial charge in [-0.15, -0.1) is 10.2 Å². The topological polar surface area (TPSA) is 65.6 Å². The fourth-order valence-electron chi connectivity index (χ4n) is 3.23. The molecule has 1 aromatic heterocycles. The molecule has 3 aromatic rings. The highest BCUT2D eigenvalue weighted by Crippen LogP contribution is 2.22. The van der Waals surface area contributed by atoms with Crippen molar-refractivity contribution in [2.45, 2.75) is 13.5 Å². The first-order chi connectivity index (χ1) is 12.7. The highest BCUT2D eigenvalue weighted by Gasteiger charge is 2.19. The number of aryl methyl sites for hydroxylation is 1. The summed E-state index contributed by atoms with van der Waals surface area (Å²) in [7, 11) is 0. The van der Waals surface area contributed by atoms with E-state index in [-0.39, 0.29) is 0 Å².